The predicted molar refractivity (Wildman–Crippen MR) is 93.8 cm³/mol. The molecule has 2 aliphatic heterocycles. The van der Waals surface area contributed by atoms with Crippen molar-refractivity contribution in [3.8, 4) is 0 Å². The first-order valence-electron chi connectivity index (χ1n) is 9.12. The molecule has 0 unspecified atom stereocenters. The molecule has 1 amide bonds. The fraction of sp³-hybridized carbons (Fsp3) is 0.611. The highest BCUT2D eigenvalue weighted by molar-refractivity contribution is 5.94. The van der Waals surface area contributed by atoms with Crippen LogP contribution in [0.4, 0.5) is 0 Å². The molecule has 0 aromatic carbocycles. The Bertz CT molecular complexity index is 812. The largest absolute Gasteiger partial charge is 0.383 e. The van der Waals surface area contributed by atoms with Gasteiger partial charge in [-0.15, -0.1) is 0 Å². The van der Waals surface area contributed by atoms with Crippen LogP contribution < -0.4 is 0 Å². The van der Waals surface area contributed by atoms with Crippen molar-refractivity contribution < 1.29 is 14.3 Å². The number of hydrogen-bond donors (Lipinski definition) is 1. The lowest BCUT2D eigenvalue weighted by Crippen LogP contribution is -2.38. The summed E-state index contributed by atoms with van der Waals surface area (Å²) in [5, 5.41) is 11.8. The van der Waals surface area contributed by atoms with Gasteiger partial charge in [-0.25, -0.2) is 0 Å². The Morgan fingerprint density at radius 1 is 1.46 bits per heavy atom. The zero-order valence-corrected chi connectivity index (χ0v) is 15.5. The van der Waals surface area contributed by atoms with Crippen molar-refractivity contribution >= 4 is 5.91 Å². The molecule has 1 N–H and O–H groups in total. The normalized spacial score (nSPS) is 22.2. The molecule has 26 heavy (non-hydrogen) atoms. The fourth-order valence-electron chi connectivity index (χ4n) is 3.91. The summed E-state index contributed by atoms with van der Waals surface area (Å²) in [4.78, 5) is 15.3. The summed E-state index contributed by atoms with van der Waals surface area (Å²) < 4.78 is 12.9. The highest BCUT2D eigenvalue weighted by Gasteiger charge is 2.34. The maximum Gasteiger partial charge on any atom is 0.272 e. The molecule has 8 heteroatoms. The Labute approximate surface area is 152 Å². The lowest BCUT2D eigenvalue weighted by molar-refractivity contribution is -0.00721. The monoisotopic (exact) mass is 359 g/mol. The van der Waals surface area contributed by atoms with E-state index in [0.717, 1.165) is 23.4 Å². The zero-order valence-electron chi connectivity index (χ0n) is 15.5. The minimum atomic E-state index is -0.107. The summed E-state index contributed by atoms with van der Waals surface area (Å²) in [6.07, 6.45) is 3.34. The van der Waals surface area contributed by atoms with Gasteiger partial charge in [0.25, 0.3) is 5.91 Å². The third kappa shape index (κ3) is 2.93. The standard InChI is InChI=1S/C18H25N5O3/c1-11-8-14-16(12(2)26-11)21-23(6-7-25-3)17(14)18(24)22-5-4-13-9-19-20-15(13)10-22/h9,11-12H,4-8,10H2,1-3H3,(H,19,20)/t11-,12+/m0/s1. The maximum absolute atomic E-state index is 13.4. The van der Waals surface area contributed by atoms with Gasteiger partial charge in [0.15, 0.2) is 0 Å². The molecule has 2 aliphatic rings. The van der Waals surface area contributed by atoms with Crippen LogP contribution in [0.15, 0.2) is 6.20 Å². The Morgan fingerprint density at radius 3 is 3.12 bits per heavy atom. The van der Waals surface area contributed by atoms with Gasteiger partial charge in [0, 0.05) is 25.6 Å². The zero-order chi connectivity index (χ0) is 18.3. The number of nitrogens with one attached hydrogen (secondary N) is 1. The van der Waals surface area contributed by atoms with Gasteiger partial charge in [-0.3, -0.25) is 14.6 Å². The predicted octanol–water partition coefficient (Wildman–Crippen LogP) is 1.47. The first-order valence-corrected chi connectivity index (χ1v) is 9.12. The number of H-pyrrole nitrogens is 1. The Balaban J connectivity index is 1.69. The number of methoxy groups -OCH3 is 1. The number of ether oxygens (including phenoxy) is 2. The number of aromatic amines is 1. The van der Waals surface area contributed by atoms with Gasteiger partial charge in [0.2, 0.25) is 0 Å². The van der Waals surface area contributed by atoms with Gasteiger partial charge < -0.3 is 14.4 Å². The van der Waals surface area contributed by atoms with E-state index in [1.807, 2.05) is 24.9 Å². The molecule has 0 saturated carbocycles. The molecule has 0 bridgehead atoms. The van der Waals surface area contributed by atoms with Gasteiger partial charge in [0.1, 0.15) is 5.69 Å². The van der Waals surface area contributed by atoms with Crippen LogP contribution >= 0.6 is 0 Å². The lowest BCUT2D eigenvalue weighted by Gasteiger charge is -2.28. The van der Waals surface area contributed by atoms with E-state index in [-0.39, 0.29) is 18.1 Å². The highest BCUT2D eigenvalue weighted by Crippen LogP contribution is 2.32. The van der Waals surface area contributed by atoms with Crippen LogP contribution in [0.2, 0.25) is 0 Å². The van der Waals surface area contributed by atoms with E-state index >= 15 is 0 Å². The second kappa shape index (κ2) is 6.85. The van der Waals surface area contributed by atoms with Crippen LogP contribution in [0.5, 0.6) is 0 Å². The molecule has 2 aromatic rings. The summed E-state index contributed by atoms with van der Waals surface area (Å²) in [7, 11) is 1.66. The number of hydrogen-bond acceptors (Lipinski definition) is 5. The molecule has 0 radical (unpaired) electrons. The molecule has 2 atom stereocenters. The van der Waals surface area contributed by atoms with Crippen molar-refractivity contribution in [2.24, 2.45) is 0 Å². The van der Waals surface area contributed by atoms with Crippen LogP contribution in [-0.2, 0) is 35.4 Å². The van der Waals surface area contributed by atoms with E-state index in [0.29, 0.717) is 38.4 Å². The van der Waals surface area contributed by atoms with E-state index < -0.39 is 0 Å². The van der Waals surface area contributed by atoms with Crippen molar-refractivity contribution in [2.45, 2.75) is 52.0 Å². The summed E-state index contributed by atoms with van der Waals surface area (Å²) >= 11 is 0. The molecule has 0 saturated heterocycles. The molecule has 0 fully saturated rings. The first-order chi connectivity index (χ1) is 12.6. The molecule has 4 heterocycles. The quantitative estimate of drug-likeness (QED) is 0.894. The Kier molecular flexibility index (Phi) is 4.54. The summed E-state index contributed by atoms with van der Waals surface area (Å²) in [6, 6.07) is 0. The summed E-state index contributed by atoms with van der Waals surface area (Å²) in [5.41, 5.74) is 4.79. The van der Waals surface area contributed by atoms with Crippen molar-refractivity contribution in [1.82, 2.24) is 24.9 Å². The molecule has 0 aliphatic carbocycles. The van der Waals surface area contributed by atoms with Gasteiger partial charge >= 0.3 is 0 Å². The number of amides is 1. The molecule has 140 valence electrons. The van der Waals surface area contributed by atoms with Crippen LogP contribution in [0.25, 0.3) is 0 Å². The minimum absolute atomic E-state index is 0.0244. The van der Waals surface area contributed by atoms with Crippen molar-refractivity contribution in [3.63, 3.8) is 0 Å². The van der Waals surface area contributed by atoms with E-state index in [9.17, 15) is 4.79 Å². The number of rotatable bonds is 4. The molecule has 4 rings (SSSR count). The topological polar surface area (TPSA) is 85.3 Å². The van der Waals surface area contributed by atoms with E-state index in [1.54, 1.807) is 11.8 Å². The number of nitrogens with zero attached hydrogens (tertiary/aromatic N) is 4. The minimum Gasteiger partial charge on any atom is -0.383 e. The van der Waals surface area contributed by atoms with Gasteiger partial charge in [-0.1, -0.05) is 0 Å². The average Bonchev–Trinajstić information content (AvgIpc) is 3.22. The lowest BCUT2D eigenvalue weighted by atomic mass is 9.98. The molecular formula is C18H25N5O3. The molecule has 0 spiro atoms. The van der Waals surface area contributed by atoms with Crippen molar-refractivity contribution in [3.05, 3.63) is 34.4 Å². The molecule has 2 aromatic heterocycles. The smallest absolute Gasteiger partial charge is 0.272 e. The maximum atomic E-state index is 13.4. The van der Waals surface area contributed by atoms with Crippen LogP contribution in [0.3, 0.4) is 0 Å². The third-order valence-corrected chi connectivity index (χ3v) is 5.20. The molecule has 8 nitrogen and oxygen atoms in total. The number of carbonyl (C=O) groups excluding carboxylic acids is 1. The number of aromatic nitrogens is 4. The Hall–Kier alpha value is -2.19. The van der Waals surface area contributed by atoms with E-state index in [1.165, 1.54) is 5.56 Å². The van der Waals surface area contributed by atoms with E-state index in [2.05, 4.69) is 10.2 Å². The SMILES string of the molecule is COCCn1nc2c(c1C(=O)N1CCc3cn[nH]c3C1)C[C@H](C)O[C@@H]2C. The highest BCUT2D eigenvalue weighted by atomic mass is 16.5. The van der Waals surface area contributed by atoms with Crippen molar-refractivity contribution in [1.29, 1.82) is 0 Å². The second-order valence-corrected chi connectivity index (χ2v) is 7.07. The summed E-state index contributed by atoms with van der Waals surface area (Å²) in [5.74, 6) is 0.0244. The summed E-state index contributed by atoms with van der Waals surface area (Å²) in [6.45, 7) is 6.34. The van der Waals surface area contributed by atoms with Gasteiger partial charge in [-0.05, 0) is 25.8 Å². The second-order valence-electron chi connectivity index (χ2n) is 7.07. The van der Waals surface area contributed by atoms with Crippen molar-refractivity contribution in [2.75, 3.05) is 20.3 Å². The average molecular weight is 359 g/mol. The Morgan fingerprint density at radius 2 is 2.31 bits per heavy atom. The van der Waals surface area contributed by atoms with E-state index in [4.69, 9.17) is 14.6 Å². The van der Waals surface area contributed by atoms with Gasteiger partial charge in [-0.2, -0.15) is 10.2 Å². The van der Waals surface area contributed by atoms with Crippen LogP contribution in [0.1, 0.15) is 53.0 Å². The van der Waals surface area contributed by atoms with Gasteiger partial charge in [0.05, 0.1) is 49.5 Å². The first kappa shape index (κ1) is 17.2. The van der Waals surface area contributed by atoms with Crippen LogP contribution in [-0.4, -0.2) is 57.2 Å². The third-order valence-electron chi connectivity index (χ3n) is 5.20. The number of fused-ring (bicyclic) bond motifs is 2. The number of carbonyl (C=O) groups is 1. The molecular weight excluding hydrogens is 334 g/mol. The fourth-order valence-corrected chi connectivity index (χ4v) is 3.91. The van der Waals surface area contributed by atoms with Crippen LogP contribution in [0, 0.1) is 0 Å².